The predicted molar refractivity (Wildman–Crippen MR) is 51.9 cm³/mol. The molecule has 0 radical (unpaired) electrons. The van der Waals surface area contributed by atoms with E-state index in [1.54, 1.807) is 4.90 Å². The molecule has 0 aliphatic carbocycles. The molecule has 1 fully saturated rings. The lowest BCUT2D eigenvalue weighted by Crippen LogP contribution is -2.36. The standard InChI is InChI=1S/C9H18N2O3/c10-2-6-14-8-9(12)11-3-1-5-13-7-4-11/h1-8,10H2. The van der Waals surface area contributed by atoms with E-state index in [9.17, 15) is 4.79 Å². The molecule has 1 heterocycles. The highest BCUT2D eigenvalue weighted by atomic mass is 16.5. The number of ether oxygens (including phenoxy) is 2. The van der Waals surface area contributed by atoms with Crippen molar-refractivity contribution < 1.29 is 14.3 Å². The Bertz CT molecular complexity index is 167. The van der Waals surface area contributed by atoms with Gasteiger partial charge in [-0.05, 0) is 6.42 Å². The Kier molecular flexibility index (Phi) is 5.51. The van der Waals surface area contributed by atoms with Crippen molar-refractivity contribution in [2.75, 3.05) is 46.1 Å². The normalized spacial score (nSPS) is 17.9. The largest absolute Gasteiger partial charge is 0.380 e. The van der Waals surface area contributed by atoms with Crippen molar-refractivity contribution in [3.05, 3.63) is 0 Å². The minimum Gasteiger partial charge on any atom is -0.380 e. The summed E-state index contributed by atoms with van der Waals surface area (Å²) in [7, 11) is 0. The van der Waals surface area contributed by atoms with E-state index in [1.165, 1.54) is 0 Å². The molecule has 14 heavy (non-hydrogen) atoms. The van der Waals surface area contributed by atoms with Gasteiger partial charge in [0.25, 0.3) is 0 Å². The number of rotatable bonds is 4. The van der Waals surface area contributed by atoms with Crippen LogP contribution >= 0.6 is 0 Å². The molecule has 82 valence electrons. The van der Waals surface area contributed by atoms with Gasteiger partial charge in [-0.25, -0.2) is 0 Å². The van der Waals surface area contributed by atoms with Crippen LogP contribution in [0.2, 0.25) is 0 Å². The summed E-state index contributed by atoms with van der Waals surface area (Å²) in [4.78, 5) is 13.3. The van der Waals surface area contributed by atoms with Gasteiger partial charge in [-0.3, -0.25) is 4.79 Å². The first-order valence-corrected chi connectivity index (χ1v) is 4.98. The third-order valence-corrected chi connectivity index (χ3v) is 2.06. The molecule has 0 aromatic rings. The summed E-state index contributed by atoms with van der Waals surface area (Å²) < 4.78 is 10.3. The summed E-state index contributed by atoms with van der Waals surface area (Å²) in [6, 6.07) is 0. The molecule has 1 saturated heterocycles. The SMILES string of the molecule is NCCOCC(=O)N1CCCOCC1. The van der Waals surface area contributed by atoms with Crippen LogP contribution in [0.25, 0.3) is 0 Å². The minimum absolute atomic E-state index is 0.0314. The number of hydrogen-bond acceptors (Lipinski definition) is 4. The van der Waals surface area contributed by atoms with Gasteiger partial charge in [0.15, 0.2) is 0 Å². The molecule has 5 nitrogen and oxygen atoms in total. The number of nitrogens with zero attached hydrogens (tertiary/aromatic N) is 1. The quantitative estimate of drug-likeness (QED) is 0.607. The zero-order chi connectivity index (χ0) is 10.2. The predicted octanol–water partition coefficient (Wildman–Crippen LogP) is -0.789. The van der Waals surface area contributed by atoms with Gasteiger partial charge in [0, 0.05) is 26.2 Å². The Labute approximate surface area is 84.1 Å². The van der Waals surface area contributed by atoms with E-state index in [4.69, 9.17) is 15.2 Å². The van der Waals surface area contributed by atoms with Crippen molar-refractivity contribution >= 4 is 5.91 Å². The molecule has 1 amide bonds. The molecule has 0 bridgehead atoms. The first-order chi connectivity index (χ1) is 6.84. The van der Waals surface area contributed by atoms with Gasteiger partial charge in [-0.1, -0.05) is 0 Å². The minimum atomic E-state index is 0.0314. The van der Waals surface area contributed by atoms with E-state index >= 15 is 0 Å². The van der Waals surface area contributed by atoms with Crippen molar-refractivity contribution in [2.24, 2.45) is 5.73 Å². The second-order valence-corrected chi connectivity index (χ2v) is 3.19. The average molecular weight is 202 g/mol. The maximum atomic E-state index is 11.5. The smallest absolute Gasteiger partial charge is 0.248 e. The van der Waals surface area contributed by atoms with E-state index in [0.717, 1.165) is 19.6 Å². The van der Waals surface area contributed by atoms with E-state index < -0.39 is 0 Å². The maximum absolute atomic E-state index is 11.5. The summed E-state index contributed by atoms with van der Waals surface area (Å²) in [6.07, 6.45) is 0.905. The van der Waals surface area contributed by atoms with Gasteiger partial charge in [-0.15, -0.1) is 0 Å². The van der Waals surface area contributed by atoms with Crippen LogP contribution in [0, 0.1) is 0 Å². The van der Waals surface area contributed by atoms with Crippen LogP contribution < -0.4 is 5.73 Å². The summed E-state index contributed by atoms with van der Waals surface area (Å²) >= 11 is 0. The fourth-order valence-electron chi connectivity index (χ4n) is 1.33. The zero-order valence-electron chi connectivity index (χ0n) is 8.41. The molecule has 2 N–H and O–H groups in total. The highest BCUT2D eigenvalue weighted by molar-refractivity contribution is 5.77. The van der Waals surface area contributed by atoms with E-state index in [-0.39, 0.29) is 12.5 Å². The van der Waals surface area contributed by atoms with Crippen molar-refractivity contribution in [3.63, 3.8) is 0 Å². The third-order valence-electron chi connectivity index (χ3n) is 2.06. The number of amides is 1. The van der Waals surface area contributed by atoms with Gasteiger partial charge in [0.1, 0.15) is 6.61 Å². The summed E-state index contributed by atoms with van der Waals surface area (Å²) in [5.41, 5.74) is 5.25. The fourth-order valence-corrected chi connectivity index (χ4v) is 1.33. The molecule has 0 spiro atoms. The van der Waals surface area contributed by atoms with Gasteiger partial charge in [0.2, 0.25) is 5.91 Å². The second-order valence-electron chi connectivity index (χ2n) is 3.19. The van der Waals surface area contributed by atoms with Gasteiger partial charge < -0.3 is 20.1 Å². The van der Waals surface area contributed by atoms with Crippen molar-refractivity contribution in [1.29, 1.82) is 0 Å². The van der Waals surface area contributed by atoms with E-state index in [2.05, 4.69) is 0 Å². The molecular formula is C9H18N2O3. The van der Waals surface area contributed by atoms with Gasteiger partial charge in [0.05, 0.1) is 13.2 Å². The van der Waals surface area contributed by atoms with Crippen molar-refractivity contribution in [2.45, 2.75) is 6.42 Å². The number of carbonyl (C=O) groups is 1. The molecule has 1 aliphatic rings. The van der Waals surface area contributed by atoms with Gasteiger partial charge in [-0.2, -0.15) is 0 Å². The highest BCUT2D eigenvalue weighted by Crippen LogP contribution is 1.99. The molecule has 0 atom stereocenters. The Hall–Kier alpha value is -0.650. The molecule has 0 aromatic carbocycles. The molecule has 1 aliphatic heterocycles. The molecular weight excluding hydrogens is 184 g/mol. The molecule has 1 rings (SSSR count). The fraction of sp³-hybridized carbons (Fsp3) is 0.889. The number of nitrogens with two attached hydrogens (primary N) is 1. The average Bonchev–Trinajstić information content (AvgIpc) is 2.46. The molecule has 0 unspecified atom stereocenters. The number of carbonyl (C=O) groups excluding carboxylic acids is 1. The first-order valence-electron chi connectivity index (χ1n) is 4.98. The molecule has 0 aromatic heterocycles. The van der Waals surface area contributed by atoms with Crippen LogP contribution in [-0.2, 0) is 14.3 Å². The molecule has 0 saturated carbocycles. The first kappa shape index (κ1) is 11.4. The van der Waals surface area contributed by atoms with Crippen LogP contribution in [0.4, 0.5) is 0 Å². The van der Waals surface area contributed by atoms with Crippen LogP contribution in [0.1, 0.15) is 6.42 Å². The lowest BCUT2D eigenvalue weighted by Gasteiger charge is -2.19. The van der Waals surface area contributed by atoms with Crippen LogP contribution in [0.15, 0.2) is 0 Å². The highest BCUT2D eigenvalue weighted by Gasteiger charge is 2.14. The zero-order valence-corrected chi connectivity index (χ0v) is 8.41. The van der Waals surface area contributed by atoms with Crippen LogP contribution in [0.5, 0.6) is 0 Å². The topological polar surface area (TPSA) is 64.8 Å². The Balaban J connectivity index is 2.20. The molecule has 5 heteroatoms. The maximum Gasteiger partial charge on any atom is 0.248 e. The Morgan fingerprint density at radius 2 is 2.29 bits per heavy atom. The van der Waals surface area contributed by atoms with Crippen LogP contribution in [-0.4, -0.2) is 56.9 Å². The van der Waals surface area contributed by atoms with Gasteiger partial charge >= 0.3 is 0 Å². The van der Waals surface area contributed by atoms with Crippen molar-refractivity contribution in [1.82, 2.24) is 4.90 Å². The second kappa shape index (κ2) is 6.75. The van der Waals surface area contributed by atoms with Crippen molar-refractivity contribution in [3.8, 4) is 0 Å². The Morgan fingerprint density at radius 1 is 1.43 bits per heavy atom. The lowest BCUT2D eigenvalue weighted by atomic mass is 10.4. The van der Waals surface area contributed by atoms with Crippen LogP contribution in [0.3, 0.4) is 0 Å². The third kappa shape index (κ3) is 4.04. The lowest BCUT2D eigenvalue weighted by molar-refractivity contribution is -0.136. The van der Waals surface area contributed by atoms with E-state index in [1.807, 2.05) is 0 Å². The van der Waals surface area contributed by atoms with E-state index in [0.29, 0.717) is 26.3 Å². The summed E-state index contributed by atoms with van der Waals surface area (Å²) in [6.45, 7) is 3.84. The Morgan fingerprint density at radius 3 is 3.07 bits per heavy atom. The summed E-state index contributed by atoms with van der Waals surface area (Å²) in [5, 5.41) is 0. The monoisotopic (exact) mass is 202 g/mol. The summed E-state index contributed by atoms with van der Waals surface area (Å²) in [5.74, 6) is 0.0314. The number of hydrogen-bond donors (Lipinski definition) is 1.